The molecule has 0 aliphatic rings. The van der Waals surface area contributed by atoms with Crippen LogP contribution in [0.15, 0.2) is 18.7 Å². The fraction of sp³-hybridized carbons (Fsp3) is 0.842. The van der Waals surface area contributed by atoms with Crippen molar-refractivity contribution in [2.24, 2.45) is 0 Å². The molecule has 1 aromatic heterocycles. The van der Waals surface area contributed by atoms with Gasteiger partial charge in [0.05, 0.1) is 6.33 Å². The Bertz CT molecular complexity index is 324. The van der Waals surface area contributed by atoms with Crippen molar-refractivity contribution in [1.82, 2.24) is 9.55 Å². The minimum atomic E-state index is 0.766. The first-order valence-corrected chi connectivity index (χ1v) is 10.5. The Morgan fingerprint density at radius 3 is 2.27 bits per heavy atom. The molecule has 2 nitrogen and oxygen atoms in total. The molecule has 22 heavy (non-hydrogen) atoms. The summed E-state index contributed by atoms with van der Waals surface area (Å²) >= 11 is 2.19. The molecule has 1 atom stereocenters. The van der Waals surface area contributed by atoms with Gasteiger partial charge in [0.15, 0.2) is 0 Å². The highest BCUT2D eigenvalue weighted by molar-refractivity contribution is 7.99. The van der Waals surface area contributed by atoms with E-state index in [0.717, 1.165) is 11.8 Å². The predicted octanol–water partition coefficient (Wildman–Crippen LogP) is 6.32. The van der Waals surface area contributed by atoms with Crippen LogP contribution in [0.25, 0.3) is 0 Å². The van der Waals surface area contributed by atoms with Gasteiger partial charge in [-0.25, -0.2) is 4.98 Å². The van der Waals surface area contributed by atoms with Crippen molar-refractivity contribution in [2.45, 2.75) is 96.3 Å². The number of thioether (sulfide) groups is 1. The van der Waals surface area contributed by atoms with Crippen molar-refractivity contribution in [3.63, 3.8) is 0 Å². The van der Waals surface area contributed by atoms with Crippen LogP contribution in [0, 0.1) is 0 Å². The fourth-order valence-corrected chi connectivity index (χ4v) is 4.10. The van der Waals surface area contributed by atoms with Gasteiger partial charge in [-0.15, -0.1) is 0 Å². The Kier molecular flexibility index (Phi) is 12.6. The normalized spacial score (nSPS) is 12.6. The number of unbranched alkanes of at least 4 members (excludes halogenated alkanes) is 8. The van der Waals surface area contributed by atoms with E-state index in [1.165, 1.54) is 76.4 Å². The van der Waals surface area contributed by atoms with Crippen LogP contribution in [0.1, 0.15) is 84.5 Å². The molecule has 128 valence electrons. The molecule has 0 saturated carbocycles. The van der Waals surface area contributed by atoms with Gasteiger partial charge in [-0.2, -0.15) is 11.8 Å². The fourth-order valence-electron chi connectivity index (χ4n) is 2.79. The predicted molar refractivity (Wildman–Crippen MR) is 101 cm³/mol. The van der Waals surface area contributed by atoms with Gasteiger partial charge in [-0.1, -0.05) is 71.6 Å². The van der Waals surface area contributed by atoms with Crippen molar-refractivity contribution in [1.29, 1.82) is 0 Å². The molecule has 1 heterocycles. The van der Waals surface area contributed by atoms with Gasteiger partial charge in [-0.3, -0.25) is 0 Å². The zero-order valence-electron chi connectivity index (χ0n) is 14.8. The summed E-state index contributed by atoms with van der Waals surface area (Å²) in [5.74, 6) is 1.33. The van der Waals surface area contributed by atoms with Crippen LogP contribution < -0.4 is 0 Å². The summed E-state index contributed by atoms with van der Waals surface area (Å²) in [6, 6.07) is 0. The number of nitrogens with zero attached hydrogens (tertiary/aromatic N) is 2. The maximum atomic E-state index is 4.18. The molecule has 3 heteroatoms. The minimum Gasteiger partial charge on any atom is -0.336 e. The third-order valence-corrected chi connectivity index (χ3v) is 5.59. The Balaban J connectivity index is 2.19. The lowest BCUT2D eigenvalue weighted by Gasteiger charge is -2.17. The zero-order valence-corrected chi connectivity index (χ0v) is 15.6. The van der Waals surface area contributed by atoms with E-state index in [0.29, 0.717) is 0 Å². The quantitative estimate of drug-likeness (QED) is 0.351. The molecule has 0 aliphatic heterocycles. The summed E-state index contributed by atoms with van der Waals surface area (Å²) in [5.41, 5.74) is 0. The van der Waals surface area contributed by atoms with Crippen molar-refractivity contribution in [3.8, 4) is 0 Å². The van der Waals surface area contributed by atoms with E-state index in [-0.39, 0.29) is 0 Å². The van der Waals surface area contributed by atoms with E-state index >= 15 is 0 Å². The van der Waals surface area contributed by atoms with Gasteiger partial charge in [0.25, 0.3) is 0 Å². The summed E-state index contributed by atoms with van der Waals surface area (Å²) in [6.07, 6.45) is 21.2. The molecule has 0 aromatic carbocycles. The van der Waals surface area contributed by atoms with Crippen molar-refractivity contribution < 1.29 is 0 Å². The van der Waals surface area contributed by atoms with E-state index in [1.807, 2.05) is 12.5 Å². The first-order chi connectivity index (χ1) is 10.9. The first kappa shape index (κ1) is 19.6. The monoisotopic (exact) mass is 324 g/mol. The third-order valence-electron chi connectivity index (χ3n) is 4.20. The van der Waals surface area contributed by atoms with Crippen LogP contribution in [0.3, 0.4) is 0 Å². The molecule has 0 spiro atoms. The van der Waals surface area contributed by atoms with E-state index in [1.54, 1.807) is 0 Å². The molecule has 1 aromatic rings. The standard InChI is InChI=1S/C19H36N2S/c1-3-5-7-9-10-11-13-19(17-21-15-14-20-18-21)22-16-12-8-6-4-2/h14-15,18-19H,3-13,16-17H2,1-2H3. The summed E-state index contributed by atoms with van der Waals surface area (Å²) < 4.78 is 2.25. The Morgan fingerprint density at radius 2 is 1.59 bits per heavy atom. The molecule has 1 unspecified atom stereocenters. The smallest absolute Gasteiger partial charge is 0.0946 e. The highest BCUT2D eigenvalue weighted by Crippen LogP contribution is 2.22. The van der Waals surface area contributed by atoms with Gasteiger partial charge in [0.1, 0.15) is 0 Å². The molecular formula is C19H36N2S. The van der Waals surface area contributed by atoms with Crippen LogP contribution in [-0.4, -0.2) is 20.6 Å². The number of aromatic nitrogens is 2. The van der Waals surface area contributed by atoms with Gasteiger partial charge >= 0.3 is 0 Å². The lowest BCUT2D eigenvalue weighted by Crippen LogP contribution is -2.13. The third kappa shape index (κ3) is 10.3. The summed E-state index contributed by atoms with van der Waals surface area (Å²) in [4.78, 5) is 4.18. The largest absolute Gasteiger partial charge is 0.336 e. The van der Waals surface area contributed by atoms with E-state index in [4.69, 9.17) is 0 Å². The highest BCUT2D eigenvalue weighted by Gasteiger charge is 2.10. The van der Waals surface area contributed by atoms with E-state index in [9.17, 15) is 0 Å². The number of rotatable bonds is 15. The lowest BCUT2D eigenvalue weighted by atomic mass is 10.1. The van der Waals surface area contributed by atoms with E-state index < -0.39 is 0 Å². The highest BCUT2D eigenvalue weighted by atomic mass is 32.2. The summed E-state index contributed by atoms with van der Waals surface area (Å²) in [5, 5.41) is 0.766. The maximum absolute atomic E-state index is 4.18. The molecule has 0 fully saturated rings. The molecular weight excluding hydrogens is 288 g/mol. The molecule has 0 N–H and O–H groups in total. The van der Waals surface area contributed by atoms with Crippen molar-refractivity contribution >= 4 is 11.8 Å². The molecule has 0 amide bonds. The van der Waals surface area contributed by atoms with Crippen LogP contribution in [-0.2, 0) is 6.54 Å². The second-order valence-corrected chi connectivity index (χ2v) is 7.78. The average molecular weight is 325 g/mol. The van der Waals surface area contributed by atoms with Crippen LogP contribution in [0.5, 0.6) is 0 Å². The molecule has 0 aliphatic carbocycles. The Hall–Kier alpha value is -0.440. The van der Waals surface area contributed by atoms with Gasteiger partial charge in [0, 0.05) is 24.2 Å². The minimum absolute atomic E-state index is 0.766. The Labute approximate surface area is 142 Å². The van der Waals surface area contributed by atoms with Crippen LogP contribution in [0.4, 0.5) is 0 Å². The first-order valence-electron chi connectivity index (χ1n) is 9.44. The Morgan fingerprint density at radius 1 is 0.909 bits per heavy atom. The van der Waals surface area contributed by atoms with Gasteiger partial charge in [0.2, 0.25) is 0 Å². The SMILES string of the molecule is CCCCCCCCC(Cn1ccnc1)SCCCCCC. The van der Waals surface area contributed by atoms with Gasteiger partial charge in [-0.05, 0) is 18.6 Å². The van der Waals surface area contributed by atoms with Crippen molar-refractivity contribution in [3.05, 3.63) is 18.7 Å². The second-order valence-electron chi connectivity index (χ2n) is 6.37. The number of imidazole rings is 1. The number of hydrogen-bond donors (Lipinski definition) is 0. The topological polar surface area (TPSA) is 17.8 Å². The van der Waals surface area contributed by atoms with Crippen molar-refractivity contribution in [2.75, 3.05) is 5.75 Å². The van der Waals surface area contributed by atoms with Crippen LogP contribution in [0.2, 0.25) is 0 Å². The maximum Gasteiger partial charge on any atom is 0.0946 e. The second kappa shape index (κ2) is 14.2. The summed E-state index contributed by atoms with van der Waals surface area (Å²) in [6.45, 7) is 5.71. The van der Waals surface area contributed by atoms with Gasteiger partial charge < -0.3 is 4.57 Å². The lowest BCUT2D eigenvalue weighted by molar-refractivity contribution is 0.552. The molecule has 0 saturated heterocycles. The van der Waals surface area contributed by atoms with E-state index in [2.05, 4.69) is 41.4 Å². The zero-order chi connectivity index (χ0) is 15.9. The average Bonchev–Trinajstić information content (AvgIpc) is 3.03. The number of hydrogen-bond acceptors (Lipinski definition) is 2. The summed E-state index contributed by atoms with van der Waals surface area (Å²) in [7, 11) is 0. The molecule has 1 rings (SSSR count). The molecule has 0 radical (unpaired) electrons. The molecule has 0 bridgehead atoms. The van der Waals surface area contributed by atoms with Crippen LogP contribution >= 0.6 is 11.8 Å².